The van der Waals surface area contributed by atoms with Crippen LogP contribution in [0.2, 0.25) is 0 Å². The molecule has 0 saturated carbocycles. The molecule has 0 atom stereocenters. The van der Waals surface area contributed by atoms with Crippen molar-refractivity contribution < 1.29 is 9.53 Å². The highest BCUT2D eigenvalue weighted by atomic mass is 16.5. The Morgan fingerprint density at radius 1 is 2.00 bits per heavy atom. The standard InChI is InChI=1S/C5H6O2/c1-3-5(6)7-4-2/h2H,3H2,1H3. The Morgan fingerprint density at radius 3 is 2.71 bits per heavy atom. The summed E-state index contributed by atoms with van der Waals surface area (Å²) in [6.45, 7) is 1.68. The SMILES string of the molecule is C#COC(=O)CC. The first-order valence-electron chi connectivity index (χ1n) is 1.96. The van der Waals surface area contributed by atoms with E-state index < -0.39 is 0 Å². The van der Waals surface area contributed by atoms with Crippen LogP contribution in [0.4, 0.5) is 0 Å². The molecule has 0 rings (SSSR count). The zero-order chi connectivity index (χ0) is 5.70. The molecular formula is C5H6O2. The normalized spacial score (nSPS) is 6.86. The maximum absolute atomic E-state index is 10.0. The van der Waals surface area contributed by atoms with Gasteiger partial charge in [-0.25, -0.2) is 0 Å². The minimum Gasteiger partial charge on any atom is -0.372 e. The van der Waals surface area contributed by atoms with Gasteiger partial charge in [0.15, 0.2) is 0 Å². The number of rotatable bonds is 1. The highest BCUT2D eigenvalue weighted by molar-refractivity contribution is 5.69. The molecule has 0 N–H and O–H groups in total. The Morgan fingerprint density at radius 2 is 2.57 bits per heavy atom. The van der Waals surface area contributed by atoms with E-state index in [4.69, 9.17) is 0 Å². The molecule has 38 valence electrons. The topological polar surface area (TPSA) is 26.3 Å². The fourth-order valence-electron chi connectivity index (χ4n) is 0.138. The molecule has 0 aromatic carbocycles. The Bertz CT molecular complexity index is 99.1. The average molecular weight is 98.1 g/mol. The summed E-state index contributed by atoms with van der Waals surface area (Å²) in [5.74, 6) is -0.359. The van der Waals surface area contributed by atoms with Gasteiger partial charge < -0.3 is 4.74 Å². The average Bonchev–Trinajstić information content (AvgIpc) is 1.68. The molecule has 0 aliphatic rings. The van der Waals surface area contributed by atoms with E-state index in [1.165, 1.54) is 0 Å². The van der Waals surface area contributed by atoms with Crippen LogP contribution < -0.4 is 0 Å². The summed E-state index contributed by atoms with van der Waals surface area (Å²) in [7, 11) is 0. The Balaban J connectivity index is 3.23. The molecule has 0 fully saturated rings. The number of carbonyl (C=O) groups excluding carboxylic acids is 1. The molecule has 0 spiro atoms. The number of carbonyl (C=O) groups is 1. The zero-order valence-corrected chi connectivity index (χ0v) is 4.10. The zero-order valence-electron chi connectivity index (χ0n) is 4.10. The van der Waals surface area contributed by atoms with Crippen LogP contribution in [0.15, 0.2) is 0 Å². The number of hydrogen-bond acceptors (Lipinski definition) is 2. The minimum atomic E-state index is -0.359. The van der Waals surface area contributed by atoms with Gasteiger partial charge in [0.1, 0.15) is 6.11 Å². The van der Waals surface area contributed by atoms with Gasteiger partial charge in [-0.2, -0.15) is 0 Å². The predicted molar refractivity (Wildman–Crippen MR) is 25.2 cm³/mol. The van der Waals surface area contributed by atoms with Crippen molar-refractivity contribution in [3.8, 4) is 12.5 Å². The van der Waals surface area contributed by atoms with E-state index in [9.17, 15) is 4.79 Å². The van der Waals surface area contributed by atoms with E-state index >= 15 is 0 Å². The largest absolute Gasteiger partial charge is 0.372 e. The van der Waals surface area contributed by atoms with Crippen LogP contribution in [0, 0.1) is 12.5 Å². The van der Waals surface area contributed by atoms with Gasteiger partial charge in [-0.15, -0.1) is 0 Å². The summed E-state index contributed by atoms with van der Waals surface area (Å²) in [4.78, 5) is 10.0. The summed E-state index contributed by atoms with van der Waals surface area (Å²) in [6.07, 6.45) is 6.72. The quantitative estimate of drug-likeness (QED) is 0.353. The van der Waals surface area contributed by atoms with Crippen molar-refractivity contribution in [3.63, 3.8) is 0 Å². The third kappa shape index (κ3) is 2.84. The van der Waals surface area contributed by atoms with Crippen molar-refractivity contribution in [1.29, 1.82) is 0 Å². The first kappa shape index (κ1) is 6.03. The maximum Gasteiger partial charge on any atom is 0.319 e. The van der Waals surface area contributed by atoms with Gasteiger partial charge in [-0.05, 0) is 0 Å². The van der Waals surface area contributed by atoms with Crippen molar-refractivity contribution >= 4 is 5.97 Å². The smallest absolute Gasteiger partial charge is 0.319 e. The summed E-state index contributed by atoms with van der Waals surface area (Å²) >= 11 is 0. The molecule has 0 saturated heterocycles. The fourth-order valence-corrected chi connectivity index (χ4v) is 0.138. The third-order valence-corrected chi connectivity index (χ3v) is 0.461. The van der Waals surface area contributed by atoms with Gasteiger partial charge in [0.05, 0.1) is 0 Å². The molecule has 2 nitrogen and oxygen atoms in total. The van der Waals surface area contributed by atoms with E-state index in [0.717, 1.165) is 0 Å². The second-order valence-corrected chi connectivity index (χ2v) is 0.945. The molecule has 0 heterocycles. The maximum atomic E-state index is 10.0. The molecule has 0 radical (unpaired) electrons. The van der Waals surface area contributed by atoms with Crippen molar-refractivity contribution in [1.82, 2.24) is 0 Å². The molecule has 0 aromatic heterocycles. The van der Waals surface area contributed by atoms with Gasteiger partial charge in [0, 0.05) is 6.42 Å². The van der Waals surface area contributed by atoms with Crippen molar-refractivity contribution in [2.75, 3.05) is 0 Å². The van der Waals surface area contributed by atoms with E-state index in [0.29, 0.717) is 6.42 Å². The fraction of sp³-hybridized carbons (Fsp3) is 0.400. The first-order chi connectivity index (χ1) is 3.31. The van der Waals surface area contributed by atoms with Crippen molar-refractivity contribution in [2.45, 2.75) is 13.3 Å². The Labute approximate surface area is 42.5 Å². The van der Waals surface area contributed by atoms with Gasteiger partial charge >= 0.3 is 5.97 Å². The number of ether oxygens (including phenoxy) is 1. The molecular weight excluding hydrogens is 92.1 g/mol. The lowest BCUT2D eigenvalue weighted by Gasteiger charge is -1.84. The molecule has 0 aliphatic carbocycles. The Kier molecular flexibility index (Phi) is 2.78. The second kappa shape index (κ2) is 3.23. The van der Waals surface area contributed by atoms with Crippen molar-refractivity contribution in [3.05, 3.63) is 0 Å². The van der Waals surface area contributed by atoms with Crippen LogP contribution in [0.25, 0.3) is 0 Å². The second-order valence-electron chi connectivity index (χ2n) is 0.945. The predicted octanol–water partition coefficient (Wildman–Crippen LogP) is 0.530. The summed E-state index contributed by atoms with van der Waals surface area (Å²) in [5.41, 5.74) is 0. The van der Waals surface area contributed by atoms with Gasteiger partial charge in [-0.3, -0.25) is 4.79 Å². The number of terminal acetylenes is 1. The molecule has 2 heteroatoms. The highest BCUT2D eigenvalue weighted by Gasteiger charge is 1.90. The minimum absolute atomic E-state index is 0.337. The van der Waals surface area contributed by atoms with Crippen LogP contribution >= 0.6 is 0 Å². The molecule has 7 heavy (non-hydrogen) atoms. The van der Waals surface area contributed by atoms with Gasteiger partial charge in [0.2, 0.25) is 0 Å². The van der Waals surface area contributed by atoms with Crippen LogP contribution in [0.3, 0.4) is 0 Å². The van der Waals surface area contributed by atoms with E-state index in [1.54, 1.807) is 13.0 Å². The summed E-state index contributed by atoms with van der Waals surface area (Å²) in [5, 5.41) is 0. The Hall–Kier alpha value is -0.970. The van der Waals surface area contributed by atoms with Crippen LogP contribution in [-0.4, -0.2) is 5.97 Å². The lowest BCUT2D eigenvalue weighted by molar-refractivity contribution is -0.136. The summed E-state index contributed by atoms with van der Waals surface area (Å²) in [6, 6.07) is 0. The first-order valence-corrected chi connectivity index (χ1v) is 1.96. The van der Waals surface area contributed by atoms with E-state index in [-0.39, 0.29) is 5.97 Å². The van der Waals surface area contributed by atoms with Gasteiger partial charge in [-0.1, -0.05) is 13.3 Å². The molecule has 0 amide bonds. The molecule has 0 aliphatic heterocycles. The van der Waals surface area contributed by atoms with E-state index in [2.05, 4.69) is 11.2 Å². The molecule has 0 unspecified atom stereocenters. The van der Waals surface area contributed by atoms with Crippen molar-refractivity contribution in [2.24, 2.45) is 0 Å². The van der Waals surface area contributed by atoms with Crippen LogP contribution in [0.5, 0.6) is 0 Å². The highest BCUT2D eigenvalue weighted by Crippen LogP contribution is 1.78. The molecule has 0 aromatic rings. The number of hydrogen-bond donors (Lipinski definition) is 0. The lowest BCUT2D eigenvalue weighted by atomic mass is 10.5. The summed E-state index contributed by atoms with van der Waals surface area (Å²) < 4.78 is 4.08. The monoisotopic (exact) mass is 98.0 g/mol. The van der Waals surface area contributed by atoms with Crippen LogP contribution in [0.1, 0.15) is 13.3 Å². The van der Waals surface area contributed by atoms with Gasteiger partial charge in [0.25, 0.3) is 0 Å². The lowest BCUT2D eigenvalue weighted by Crippen LogP contribution is -1.94. The van der Waals surface area contributed by atoms with E-state index in [1.807, 2.05) is 0 Å². The van der Waals surface area contributed by atoms with Crippen LogP contribution in [-0.2, 0) is 9.53 Å². The number of esters is 1. The molecule has 0 bridgehead atoms. The third-order valence-electron chi connectivity index (χ3n) is 0.461.